The van der Waals surface area contributed by atoms with E-state index < -0.39 is 0 Å². The number of ether oxygens (including phenoxy) is 1. The maximum atomic E-state index is 5.70. The van der Waals surface area contributed by atoms with Crippen LogP contribution in [-0.2, 0) is 12.8 Å². The quantitative estimate of drug-likeness (QED) is 0.777. The molecule has 3 heteroatoms. The molecule has 0 heterocycles. The van der Waals surface area contributed by atoms with E-state index in [1.807, 2.05) is 6.07 Å². The Morgan fingerprint density at radius 2 is 2.27 bits per heavy atom. The first-order chi connectivity index (χ1) is 7.20. The lowest BCUT2D eigenvalue weighted by Crippen LogP contribution is -2.27. The van der Waals surface area contributed by atoms with Gasteiger partial charge in [0.1, 0.15) is 5.75 Å². The highest BCUT2D eigenvalue weighted by Gasteiger charge is 2.20. The molecule has 1 atom stereocenters. The second kappa shape index (κ2) is 4.19. The predicted octanol–water partition coefficient (Wildman–Crippen LogP) is 2.09. The number of methoxy groups -OCH3 is 1. The van der Waals surface area contributed by atoms with Crippen molar-refractivity contribution < 1.29 is 4.74 Å². The summed E-state index contributed by atoms with van der Waals surface area (Å²) in [6.45, 7) is 0. The highest BCUT2D eigenvalue weighted by molar-refractivity contribution is 7.80. The molecule has 1 aliphatic rings. The Balaban J connectivity index is 2.27. The molecule has 0 radical (unpaired) electrons. The number of benzene rings is 1. The summed E-state index contributed by atoms with van der Waals surface area (Å²) in [7, 11) is 1.69. The molecule has 0 fully saturated rings. The van der Waals surface area contributed by atoms with Crippen LogP contribution in [0.3, 0.4) is 0 Å². The zero-order chi connectivity index (χ0) is 10.8. The fourth-order valence-corrected chi connectivity index (χ4v) is 2.30. The minimum absolute atomic E-state index is 0.361. The van der Waals surface area contributed by atoms with Crippen molar-refractivity contribution in [1.82, 2.24) is 0 Å². The smallest absolute Gasteiger partial charge is 0.119 e. The van der Waals surface area contributed by atoms with Crippen molar-refractivity contribution in [3.63, 3.8) is 0 Å². The van der Waals surface area contributed by atoms with E-state index in [1.54, 1.807) is 7.11 Å². The fourth-order valence-electron chi connectivity index (χ4n) is 2.10. The van der Waals surface area contributed by atoms with Crippen molar-refractivity contribution in [2.45, 2.75) is 19.3 Å². The van der Waals surface area contributed by atoms with Crippen molar-refractivity contribution in [3.05, 3.63) is 29.3 Å². The van der Waals surface area contributed by atoms with Crippen LogP contribution < -0.4 is 10.5 Å². The molecule has 0 saturated heterocycles. The summed E-state index contributed by atoms with van der Waals surface area (Å²) in [6, 6.07) is 6.25. The van der Waals surface area contributed by atoms with Gasteiger partial charge in [0.05, 0.1) is 12.1 Å². The first-order valence-corrected chi connectivity index (χ1v) is 5.56. The molecule has 0 saturated carbocycles. The third kappa shape index (κ3) is 2.12. The first kappa shape index (κ1) is 10.4. The van der Waals surface area contributed by atoms with Gasteiger partial charge < -0.3 is 10.5 Å². The number of hydrogen-bond acceptors (Lipinski definition) is 2. The zero-order valence-electron chi connectivity index (χ0n) is 8.82. The van der Waals surface area contributed by atoms with Gasteiger partial charge in [-0.15, -0.1) is 0 Å². The van der Waals surface area contributed by atoms with E-state index in [4.69, 9.17) is 22.7 Å². The molecular formula is C12H15NOS. The van der Waals surface area contributed by atoms with Crippen LogP contribution in [0, 0.1) is 5.92 Å². The van der Waals surface area contributed by atoms with Gasteiger partial charge in [0.2, 0.25) is 0 Å². The molecule has 1 unspecified atom stereocenters. The average molecular weight is 221 g/mol. The van der Waals surface area contributed by atoms with Crippen molar-refractivity contribution >= 4 is 17.2 Å². The summed E-state index contributed by atoms with van der Waals surface area (Å²) in [5.41, 5.74) is 8.43. The van der Waals surface area contributed by atoms with Crippen molar-refractivity contribution in [3.8, 4) is 5.75 Å². The van der Waals surface area contributed by atoms with Crippen LogP contribution in [0.1, 0.15) is 17.5 Å². The number of nitrogens with two attached hydrogens (primary N) is 1. The fraction of sp³-hybridized carbons (Fsp3) is 0.417. The Morgan fingerprint density at radius 1 is 1.47 bits per heavy atom. The first-order valence-electron chi connectivity index (χ1n) is 5.16. The lowest BCUT2D eigenvalue weighted by atomic mass is 9.84. The van der Waals surface area contributed by atoms with Crippen LogP contribution in [0.15, 0.2) is 18.2 Å². The van der Waals surface area contributed by atoms with Crippen LogP contribution in [0.5, 0.6) is 5.75 Å². The van der Waals surface area contributed by atoms with Gasteiger partial charge in [0.15, 0.2) is 0 Å². The van der Waals surface area contributed by atoms with Gasteiger partial charge >= 0.3 is 0 Å². The van der Waals surface area contributed by atoms with E-state index in [0.29, 0.717) is 10.9 Å². The minimum atomic E-state index is 0.361. The lowest BCUT2D eigenvalue weighted by molar-refractivity contribution is 0.413. The van der Waals surface area contributed by atoms with Crippen molar-refractivity contribution in [2.75, 3.05) is 7.11 Å². The SMILES string of the molecule is COc1ccc2c(c1)CC(C(N)=S)CC2. The number of hydrogen-bond donors (Lipinski definition) is 1. The molecule has 15 heavy (non-hydrogen) atoms. The maximum absolute atomic E-state index is 5.70. The summed E-state index contributed by atoms with van der Waals surface area (Å²) in [4.78, 5) is 0.642. The molecule has 2 rings (SSSR count). The van der Waals surface area contributed by atoms with Gasteiger partial charge in [-0.3, -0.25) is 0 Å². The molecule has 80 valence electrons. The Labute approximate surface area is 95.4 Å². The summed E-state index contributed by atoms with van der Waals surface area (Å²) in [5.74, 6) is 1.27. The third-order valence-corrected chi connectivity index (χ3v) is 3.38. The van der Waals surface area contributed by atoms with E-state index in [2.05, 4.69) is 12.1 Å². The lowest BCUT2D eigenvalue weighted by Gasteiger charge is -2.23. The summed E-state index contributed by atoms with van der Waals surface area (Å²) >= 11 is 5.05. The largest absolute Gasteiger partial charge is 0.497 e. The average Bonchev–Trinajstić information content (AvgIpc) is 2.27. The molecule has 0 aromatic heterocycles. The van der Waals surface area contributed by atoms with Crippen LogP contribution in [-0.4, -0.2) is 12.1 Å². The number of thiocarbonyl (C=S) groups is 1. The van der Waals surface area contributed by atoms with E-state index >= 15 is 0 Å². The Morgan fingerprint density at radius 3 is 2.93 bits per heavy atom. The van der Waals surface area contributed by atoms with Crippen LogP contribution >= 0.6 is 12.2 Å². The Hall–Kier alpha value is -1.09. The number of rotatable bonds is 2. The molecule has 0 amide bonds. The highest BCUT2D eigenvalue weighted by Crippen LogP contribution is 2.28. The van der Waals surface area contributed by atoms with E-state index in [0.717, 1.165) is 25.0 Å². The zero-order valence-corrected chi connectivity index (χ0v) is 9.64. The molecule has 0 spiro atoms. The number of fused-ring (bicyclic) bond motifs is 1. The molecule has 2 nitrogen and oxygen atoms in total. The second-order valence-electron chi connectivity index (χ2n) is 3.98. The van der Waals surface area contributed by atoms with Crippen LogP contribution in [0.4, 0.5) is 0 Å². The Kier molecular flexibility index (Phi) is 2.91. The van der Waals surface area contributed by atoms with E-state index in [9.17, 15) is 0 Å². The van der Waals surface area contributed by atoms with Crippen molar-refractivity contribution in [2.24, 2.45) is 11.7 Å². The molecule has 2 N–H and O–H groups in total. The minimum Gasteiger partial charge on any atom is -0.497 e. The second-order valence-corrected chi connectivity index (χ2v) is 4.45. The molecule has 1 aliphatic carbocycles. The highest BCUT2D eigenvalue weighted by atomic mass is 32.1. The van der Waals surface area contributed by atoms with Crippen LogP contribution in [0.25, 0.3) is 0 Å². The Bertz CT molecular complexity index is 389. The van der Waals surface area contributed by atoms with Gasteiger partial charge in [0, 0.05) is 5.92 Å². The van der Waals surface area contributed by atoms with Gasteiger partial charge in [0.25, 0.3) is 0 Å². The van der Waals surface area contributed by atoms with Gasteiger partial charge in [-0.05, 0) is 42.5 Å². The molecular weight excluding hydrogens is 206 g/mol. The van der Waals surface area contributed by atoms with E-state index in [1.165, 1.54) is 11.1 Å². The normalized spacial score (nSPS) is 19.4. The van der Waals surface area contributed by atoms with Crippen molar-refractivity contribution in [1.29, 1.82) is 0 Å². The van der Waals surface area contributed by atoms with Gasteiger partial charge in [-0.1, -0.05) is 18.3 Å². The third-order valence-electron chi connectivity index (χ3n) is 3.04. The molecule has 1 aromatic carbocycles. The van der Waals surface area contributed by atoms with E-state index in [-0.39, 0.29) is 0 Å². The number of aryl methyl sites for hydroxylation is 1. The summed E-state index contributed by atoms with van der Waals surface area (Å²) < 4.78 is 5.21. The topological polar surface area (TPSA) is 35.2 Å². The van der Waals surface area contributed by atoms with Crippen LogP contribution in [0.2, 0.25) is 0 Å². The molecule has 1 aromatic rings. The molecule has 0 aliphatic heterocycles. The van der Waals surface area contributed by atoms with Gasteiger partial charge in [-0.25, -0.2) is 0 Å². The molecule has 0 bridgehead atoms. The monoisotopic (exact) mass is 221 g/mol. The maximum Gasteiger partial charge on any atom is 0.119 e. The summed E-state index contributed by atoms with van der Waals surface area (Å²) in [6.07, 6.45) is 3.11. The van der Waals surface area contributed by atoms with Gasteiger partial charge in [-0.2, -0.15) is 0 Å². The predicted molar refractivity (Wildman–Crippen MR) is 65.3 cm³/mol. The summed E-state index contributed by atoms with van der Waals surface area (Å²) in [5, 5.41) is 0. The standard InChI is InChI=1S/C12H15NOS/c1-14-11-5-4-8-2-3-9(12(13)15)6-10(8)7-11/h4-5,7,9H,2-3,6H2,1H3,(H2,13,15).